The zero-order valence-corrected chi connectivity index (χ0v) is 19.9. The van der Waals surface area contributed by atoms with Gasteiger partial charge in [0, 0.05) is 44.9 Å². The van der Waals surface area contributed by atoms with Crippen LogP contribution in [0.3, 0.4) is 0 Å². The van der Waals surface area contributed by atoms with Gasteiger partial charge in [-0.1, -0.05) is 48.5 Å². The molecule has 9 nitrogen and oxygen atoms in total. The number of nitro groups is 1. The van der Waals surface area contributed by atoms with Crippen molar-refractivity contribution in [1.82, 2.24) is 9.80 Å². The van der Waals surface area contributed by atoms with Gasteiger partial charge in [-0.25, -0.2) is 8.42 Å². The van der Waals surface area contributed by atoms with E-state index in [1.165, 1.54) is 29.8 Å². The van der Waals surface area contributed by atoms with E-state index in [2.05, 4.69) is 21.8 Å². The Hall–Kier alpha value is -3.76. The number of rotatable bonds is 7. The summed E-state index contributed by atoms with van der Waals surface area (Å²) in [5.74, 6) is -0.260. The highest BCUT2D eigenvalue weighted by atomic mass is 32.2. The molecule has 1 aliphatic rings. The average molecular weight is 495 g/mol. The van der Waals surface area contributed by atoms with E-state index in [-0.39, 0.29) is 27.7 Å². The molecule has 0 aromatic heterocycles. The number of nitrogens with one attached hydrogen (secondary N) is 1. The number of non-ortho nitro benzene ring substituents is 1. The van der Waals surface area contributed by atoms with Gasteiger partial charge in [-0.3, -0.25) is 24.5 Å². The standard InChI is InChI=1S/C25H26N4O5S/c30-25(28-15-7-14-27(16-17-28)19-20-8-2-1-3-9-20)23-12-4-5-13-24(23)26-35(33,34)22-11-6-10-21(18-22)29(31)32/h1-6,8-13,18,26H,7,14-17,19H2. The van der Waals surface area contributed by atoms with E-state index >= 15 is 0 Å². The van der Waals surface area contributed by atoms with Crippen LogP contribution in [0.1, 0.15) is 22.3 Å². The number of nitro benzene ring substituents is 1. The van der Waals surface area contributed by atoms with Crippen molar-refractivity contribution in [2.75, 3.05) is 30.9 Å². The Labute approximate surface area is 204 Å². The minimum atomic E-state index is -4.14. The highest BCUT2D eigenvalue weighted by Crippen LogP contribution is 2.24. The van der Waals surface area contributed by atoms with Crippen LogP contribution in [0.15, 0.2) is 83.8 Å². The summed E-state index contributed by atoms with van der Waals surface area (Å²) in [5.41, 5.74) is 1.25. The van der Waals surface area contributed by atoms with E-state index in [1.54, 1.807) is 23.1 Å². The second-order valence-electron chi connectivity index (χ2n) is 8.31. The summed E-state index contributed by atoms with van der Waals surface area (Å²) in [6.07, 6.45) is 0.806. The molecular weight excluding hydrogens is 468 g/mol. The Morgan fingerprint density at radius 2 is 1.66 bits per heavy atom. The smallest absolute Gasteiger partial charge is 0.270 e. The molecule has 0 spiro atoms. The van der Waals surface area contributed by atoms with Crippen LogP contribution in [0.25, 0.3) is 0 Å². The monoisotopic (exact) mass is 494 g/mol. The van der Waals surface area contributed by atoms with Crippen LogP contribution in [0.4, 0.5) is 11.4 Å². The van der Waals surface area contributed by atoms with Gasteiger partial charge in [0.25, 0.3) is 21.6 Å². The Balaban J connectivity index is 1.49. The number of carbonyl (C=O) groups excluding carboxylic acids is 1. The van der Waals surface area contributed by atoms with Crippen molar-refractivity contribution < 1.29 is 18.1 Å². The first-order chi connectivity index (χ1) is 16.8. The van der Waals surface area contributed by atoms with Crippen molar-refractivity contribution in [3.63, 3.8) is 0 Å². The van der Waals surface area contributed by atoms with E-state index in [4.69, 9.17) is 0 Å². The molecule has 0 atom stereocenters. The molecule has 1 amide bonds. The summed E-state index contributed by atoms with van der Waals surface area (Å²) in [6, 6.07) is 21.4. The molecule has 1 N–H and O–H groups in total. The normalized spacial score (nSPS) is 14.8. The molecule has 1 aliphatic heterocycles. The van der Waals surface area contributed by atoms with E-state index in [1.807, 2.05) is 18.2 Å². The fourth-order valence-corrected chi connectivity index (χ4v) is 5.19. The number of hydrogen-bond acceptors (Lipinski definition) is 6. The molecule has 0 radical (unpaired) electrons. The number of hydrogen-bond donors (Lipinski definition) is 1. The van der Waals surface area contributed by atoms with E-state index < -0.39 is 14.9 Å². The van der Waals surface area contributed by atoms with Gasteiger partial charge in [0.1, 0.15) is 0 Å². The molecule has 0 bridgehead atoms. The molecule has 0 unspecified atom stereocenters. The SMILES string of the molecule is O=C(c1ccccc1NS(=O)(=O)c1cccc([N+](=O)[O-])c1)N1CCCN(Cc2ccccc2)CC1. The van der Waals surface area contributed by atoms with Gasteiger partial charge in [0.05, 0.1) is 21.1 Å². The third kappa shape index (κ3) is 6.03. The summed E-state index contributed by atoms with van der Waals surface area (Å²) in [4.78, 5) is 27.6. The first-order valence-corrected chi connectivity index (χ1v) is 12.7. The topological polar surface area (TPSA) is 113 Å². The third-order valence-electron chi connectivity index (χ3n) is 5.87. The highest BCUT2D eigenvalue weighted by Gasteiger charge is 2.25. The van der Waals surface area contributed by atoms with E-state index in [0.717, 1.165) is 25.6 Å². The lowest BCUT2D eigenvalue weighted by Gasteiger charge is -2.23. The molecule has 0 saturated carbocycles. The molecule has 0 aliphatic carbocycles. The fourth-order valence-electron chi connectivity index (χ4n) is 4.07. The number of benzene rings is 3. The molecule has 3 aromatic carbocycles. The minimum absolute atomic E-state index is 0.134. The summed E-state index contributed by atoms with van der Waals surface area (Å²) in [6.45, 7) is 3.47. The lowest BCUT2D eigenvalue weighted by Crippen LogP contribution is -2.35. The van der Waals surface area contributed by atoms with Crippen LogP contribution in [0, 0.1) is 10.1 Å². The number of amides is 1. The van der Waals surface area contributed by atoms with Crippen LogP contribution >= 0.6 is 0 Å². The predicted octanol–water partition coefficient (Wildman–Crippen LogP) is 3.74. The van der Waals surface area contributed by atoms with Gasteiger partial charge in [-0.15, -0.1) is 0 Å². The van der Waals surface area contributed by atoms with Crippen molar-refractivity contribution in [3.8, 4) is 0 Å². The number of sulfonamides is 1. The largest absolute Gasteiger partial charge is 0.337 e. The third-order valence-corrected chi connectivity index (χ3v) is 7.23. The Kier molecular flexibility index (Phi) is 7.42. The molecule has 182 valence electrons. The average Bonchev–Trinajstić information content (AvgIpc) is 3.10. The quantitative estimate of drug-likeness (QED) is 0.395. The molecule has 1 saturated heterocycles. The summed E-state index contributed by atoms with van der Waals surface area (Å²) in [5, 5.41) is 11.0. The lowest BCUT2D eigenvalue weighted by molar-refractivity contribution is -0.385. The molecule has 1 fully saturated rings. The second kappa shape index (κ2) is 10.7. The van der Waals surface area contributed by atoms with Crippen LogP contribution in [-0.4, -0.2) is 55.2 Å². The van der Waals surface area contributed by atoms with Gasteiger partial charge in [-0.05, 0) is 30.2 Å². The maximum atomic E-state index is 13.4. The molecular formula is C25H26N4O5S. The first-order valence-electron chi connectivity index (χ1n) is 11.3. The Morgan fingerprint density at radius 3 is 2.43 bits per heavy atom. The second-order valence-corrected chi connectivity index (χ2v) is 10.00. The van der Waals surface area contributed by atoms with Crippen LogP contribution in [0.2, 0.25) is 0 Å². The predicted molar refractivity (Wildman–Crippen MR) is 133 cm³/mol. The van der Waals surface area contributed by atoms with Crippen LogP contribution < -0.4 is 4.72 Å². The Bertz CT molecular complexity index is 1310. The maximum absolute atomic E-state index is 13.4. The summed E-state index contributed by atoms with van der Waals surface area (Å²) < 4.78 is 28.3. The summed E-state index contributed by atoms with van der Waals surface area (Å²) >= 11 is 0. The minimum Gasteiger partial charge on any atom is -0.337 e. The Morgan fingerprint density at radius 1 is 0.914 bits per heavy atom. The van der Waals surface area contributed by atoms with Crippen molar-refractivity contribution in [2.24, 2.45) is 0 Å². The fraction of sp³-hybridized carbons (Fsp3) is 0.240. The molecule has 1 heterocycles. The zero-order valence-electron chi connectivity index (χ0n) is 19.0. The number of para-hydroxylation sites is 1. The van der Waals surface area contributed by atoms with Crippen LogP contribution in [-0.2, 0) is 16.6 Å². The number of carbonyl (C=O) groups is 1. The summed E-state index contributed by atoms with van der Waals surface area (Å²) in [7, 11) is -4.14. The van der Waals surface area contributed by atoms with E-state index in [0.29, 0.717) is 19.6 Å². The molecule has 3 aromatic rings. The van der Waals surface area contributed by atoms with Gasteiger partial charge in [-0.2, -0.15) is 0 Å². The zero-order chi connectivity index (χ0) is 24.8. The first kappa shape index (κ1) is 24.4. The maximum Gasteiger partial charge on any atom is 0.270 e. The molecule has 4 rings (SSSR count). The van der Waals surface area contributed by atoms with Crippen molar-refractivity contribution in [1.29, 1.82) is 0 Å². The van der Waals surface area contributed by atoms with Crippen molar-refractivity contribution >= 4 is 27.3 Å². The number of nitrogens with zero attached hydrogens (tertiary/aromatic N) is 3. The number of anilines is 1. The van der Waals surface area contributed by atoms with Crippen molar-refractivity contribution in [2.45, 2.75) is 17.9 Å². The van der Waals surface area contributed by atoms with Gasteiger partial charge in [0.2, 0.25) is 0 Å². The lowest BCUT2D eigenvalue weighted by atomic mass is 10.1. The van der Waals surface area contributed by atoms with Crippen LogP contribution in [0.5, 0.6) is 0 Å². The van der Waals surface area contributed by atoms with Gasteiger partial charge >= 0.3 is 0 Å². The molecule has 10 heteroatoms. The van der Waals surface area contributed by atoms with Gasteiger partial charge < -0.3 is 4.90 Å². The molecule has 35 heavy (non-hydrogen) atoms. The van der Waals surface area contributed by atoms with Crippen molar-refractivity contribution in [3.05, 3.63) is 100 Å². The van der Waals surface area contributed by atoms with Gasteiger partial charge in [0.15, 0.2) is 0 Å². The van der Waals surface area contributed by atoms with E-state index in [9.17, 15) is 23.3 Å². The highest BCUT2D eigenvalue weighted by molar-refractivity contribution is 7.92.